The van der Waals surface area contributed by atoms with Crippen LogP contribution in [-0.4, -0.2) is 8.42 Å². The first-order valence-electron chi connectivity index (χ1n) is 11.9. The molecule has 37 heavy (non-hydrogen) atoms. The molecule has 0 aliphatic rings. The Balaban J connectivity index is 0.000000369. The maximum absolute atomic E-state index is 13.1. The third-order valence-electron chi connectivity index (χ3n) is 5.85. The second kappa shape index (κ2) is 14.3. The van der Waals surface area contributed by atoms with E-state index >= 15 is 0 Å². The number of aryl methyl sites for hydroxylation is 1. The van der Waals surface area contributed by atoms with Gasteiger partial charge in [-0.3, -0.25) is 0 Å². The molecule has 0 spiro atoms. The monoisotopic (exact) mass is 606 g/mol. The molecule has 0 bridgehead atoms. The predicted octanol–water partition coefficient (Wildman–Crippen LogP) is 6.66. The van der Waals surface area contributed by atoms with E-state index in [1.54, 1.807) is 0 Å². The van der Waals surface area contributed by atoms with Crippen LogP contribution in [0.3, 0.4) is 0 Å². The van der Waals surface area contributed by atoms with Gasteiger partial charge in [-0.25, -0.2) is 17.5 Å². The maximum atomic E-state index is 13.1. The Hall–Kier alpha value is -2.70. The third-order valence-corrected chi connectivity index (χ3v) is 7.31. The average molecular weight is 606 g/mol. The fourth-order valence-corrected chi connectivity index (χ4v) is 4.92. The van der Waals surface area contributed by atoms with Gasteiger partial charge in [0.1, 0.15) is 5.82 Å². The van der Waals surface area contributed by atoms with Crippen molar-refractivity contribution in [3.63, 3.8) is 0 Å². The zero-order valence-corrected chi connectivity index (χ0v) is 23.7. The molecule has 0 unspecified atom stereocenters. The molecule has 4 nitrogen and oxygen atoms in total. The summed E-state index contributed by atoms with van der Waals surface area (Å²) >= 11 is 0. The first-order valence-corrected chi connectivity index (χ1v) is 13.4. The molecule has 7 heteroatoms. The molecule has 0 saturated carbocycles. The molecule has 0 saturated heterocycles. The second-order valence-electron chi connectivity index (χ2n) is 8.97. The number of nitrogens with two attached hydrogens (primary N) is 1. The molecule has 0 aliphatic heterocycles. The van der Waals surface area contributed by atoms with Crippen LogP contribution in [0, 0.1) is 12.7 Å². The van der Waals surface area contributed by atoms with Crippen molar-refractivity contribution in [1.82, 2.24) is 4.72 Å². The largest absolute Gasteiger partial charge is 0.322 e. The summed E-state index contributed by atoms with van der Waals surface area (Å²) in [6.45, 7) is 6.54. The summed E-state index contributed by atoms with van der Waals surface area (Å²) in [5.74, 6) is 0.158. The van der Waals surface area contributed by atoms with Crippen molar-refractivity contribution in [2.24, 2.45) is 5.73 Å². The number of sulfonamides is 1. The minimum Gasteiger partial charge on any atom is -0.322 e. The fourth-order valence-electron chi connectivity index (χ4n) is 3.68. The summed E-state index contributed by atoms with van der Waals surface area (Å²) in [6, 6.07) is 30.6. The Bertz CT molecular complexity index is 1320. The van der Waals surface area contributed by atoms with Gasteiger partial charge >= 0.3 is 0 Å². The van der Waals surface area contributed by atoms with Gasteiger partial charge in [-0.2, -0.15) is 0 Å². The zero-order valence-electron chi connectivity index (χ0n) is 21.2. The minimum absolute atomic E-state index is 0. The molecule has 4 aromatic carbocycles. The van der Waals surface area contributed by atoms with Crippen LogP contribution in [0.4, 0.5) is 4.39 Å². The molecule has 0 aliphatic carbocycles. The van der Waals surface area contributed by atoms with E-state index in [4.69, 9.17) is 5.73 Å². The molecule has 0 aromatic heterocycles. The van der Waals surface area contributed by atoms with Gasteiger partial charge in [-0.1, -0.05) is 104 Å². The van der Waals surface area contributed by atoms with Crippen LogP contribution in [0.2, 0.25) is 0 Å². The van der Waals surface area contributed by atoms with E-state index < -0.39 is 27.9 Å². The van der Waals surface area contributed by atoms with Crippen molar-refractivity contribution in [2.45, 2.75) is 43.7 Å². The summed E-state index contributed by atoms with van der Waals surface area (Å²) in [6.07, 6.45) is 0. The second-order valence-corrected chi connectivity index (χ2v) is 10.7. The first kappa shape index (κ1) is 30.5. The Labute approximate surface area is 232 Å². The van der Waals surface area contributed by atoms with E-state index in [2.05, 4.69) is 49.8 Å². The van der Waals surface area contributed by atoms with Crippen molar-refractivity contribution >= 4 is 10.0 Å². The van der Waals surface area contributed by atoms with Gasteiger partial charge in [0.15, 0.2) is 0 Å². The third kappa shape index (κ3) is 8.97. The number of hydrogen-bond acceptors (Lipinski definition) is 3. The quantitative estimate of drug-likeness (QED) is 0.232. The fraction of sp³-hybridized carbons (Fsp3) is 0.200. The number of hydrogen-bond donors (Lipinski definition) is 2. The number of halogens is 1. The van der Waals surface area contributed by atoms with Crippen LogP contribution in [0.5, 0.6) is 0 Å². The first-order chi connectivity index (χ1) is 17.2. The van der Waals surface area contributed by atoms with Crippen LogP contribution in [0.15, 0.2) is 114 Å². The summed E-state index contributed by atoms with van der Waals surface area (Å²) < 4.78 is 41.3. The van der Waals surface area contributed by atoms with Gasteiger partial charge in [0, 0.05) is 19.5 Å². The zero-order chi connectivity index (χ0) is 26.1. The Kier molecular flexibility index (Phi) is 11.8. The van der Waals surface area contributed by atoms with Gasteiger partial charge in [-0.05, 0) is 53.8 Å². The Morgan fingerprint density at radius 1 is 0.703 bits per heavy atom. The Morgan fingerprint density at radius 3 is 1.68 bits per heavy atom. The van der Waals surface area contributed by atoms with Crippen LogP contribution in [0.25, 0.3) is 0 Å². The van der Waals surface area contributed by atoms with Crippen molar-refractivity contribution in [1.29, 1.82) is 0 Å². The molecule has 2 atom stereocenters. The molecule has 196 valence electrons. The van der Waals surface area contributed by atoms with E-state index in [9.17, 15) is 12.8 Å². The van der Waals surface area contributed by atoms with Crippen molar-refractivity contribution in [3.8, 4) is 0 Å². The molecule has 0 radical (unpaired) electrons. The maximum Gasteiger partial charge on any atom is 0.241 e. The Morgan fingerprint density at radius 2 is 1.19 bits per heavy atom. The molecule has 3 N–H and O–H groups in total. The van der Waals surface area contributed by atoms with Gasteiger partial charge in [-0.15, -0.1) is 0 Å². The van der Waals surface area contributed by atoms with Crippen LogP contribution in [0.1, 0.15) is 54.1 Å². The van der Waals surface area contributed by atoms with E-state index in [0.717, 1.165) is 23.3 Å². The smallest absolute Gasteiger partial charge is 0.241 e. The van der Waals surface area contributed by atoms with Gasteiger partial charge in [0.2, 0.25) is 10.0 Å². The molecular formula is C30H33FN2O2RuS. The molecule has 0 amide bonds. The molecule has 0 heterocycles. The van der Waals surface area contributed by atoms with Crippen LogP contribution in [-0.2, 0) is 29.5 Å². The molecule has 0 fully saturated rings. The average Bonchev–Trinajstić information content (AvgIpc) is 2.89. The minimum atomic E-state index is -3.87. The standard InChI is InChI=1S/C20H19FN2O2S.C10H14.Ru/c21-17-11-13-18(14-12-17)26(24,25)23-20(16-9-5-2-6-10-16)19(22)15-7-3-1-4-8-15;1-8(2)10-6-4-9(3)5-7-10;/h1-14,19-20,23H,22H2;4-8H,1-3H3;/t19-,20-;;/m0../s1. The van der Waals surface area contributed by atoms with Crippen molar-refractivity contribution < 1.29 is 32.3 Å². The summed E-state index contributed by atoms with van der Waals surface area (Å²) in [5, 5.41) is 0. The SMILES string of the molecule is Cc1ccc(C(C)C)cc1.N[C@@H](c1ccccc1)[C@@H](NS(=O)(=O)c1ccc(F)cc1)c1ccccc1.[Ru]. The van der Waals surface area contributed by atoms with Crippen LogP contribution < -0.4 is 10.5 Å². The van der Waals surface area contributed by atoms with E-state index in [-0.39, 0.29) is 24.4 Å². The van der Waals surface area contributed by atoms with Crippen molar-refractivity contribution in [2.75, 3.05) is 0 Å². The van der Waals surface area contributed by atoms with E-state index in [1.807, 2.05) is 60.7 Å². The topological polar surface area (TPSA) is 72.2 Å². The number of nitrogens with one attached hydrogen (secondary N) is 1. The van der Waals surface area contributed by atoms with E-state index in [0.29, 0.717) is 5.92 Å². The summed E-state index contributed by atoms with van der Waals surface area (Å²) in [4.78, 5) is -0.0138. The van der Waals surface area contributed by atoms with E-state index in [1.165, 1.54) is 23.3 Å². The summed E-state index contributed by atoms with van der Waals surface area (Å²) in [7, 11) is -3.87. The molecular weight excluding hydrogens is 572 g/mol. The van der Waals surface area contributed by atoms with Gasteiger partial charge < -0.3 is 5.73 Å². The van der Waals surface area contributed by atoms with Crippen LogP contribution >= 0.6 is 0 Å². The predicted molar refractivity (Wildman–Crippen MR) is 145 cm³/mol. The van der Waals surface area contributed by atoms with Gasteiger partial charge in [0.25, 0.3) is 0 Å². The molecule has 4 rings (SSSR count). The summed E-state index contributed by atoms with van der Waals surface area (Å²) in [5.41, 5.74) is 10.7. The number of benzene rings is 4. The normalized spacial score (nSPS) is 12.6. The van der Waals surface area contributed by atoms with Gasteiger partial charge in [0.05, 0.1) is 17.0 Å². The molecule has 4 aromatic rings. The number of rotatable bonds is 7. The van der Waals surface area contributed by atoms with Crippen molar-refractivity contribution in [3.05, 3.63) is 137 Å².